The number of carbonyl (C=O) groups excluding carboxylic acids is 2. The smallest absolute Gasteiger partial charge is 0.261 e. The number of carbonyl (C=O) groups is 2. The summed E-state index contributed by atoms with van der Waals surface area (Å²) in [6.45, 7) is 15.6. The van der Waals surface area contributed by atoms with Crippen LogP contribution in [0.2, 0.25) is 5.02 Å². The van der Waals surface area contributed by atoms with E-state index in [4.69, 9.17) is 21.3 Å². The third-order valence-electron chi connectivity index (χ3n) is 9.57. The van der Waals surface area contributed by atoms with Gasteiger partial charge in [0.1, 0.15) is 28.8 Å². The minimum Gasteiger partial charge on any atom is -0.489 e. The summed E-state index contributed by atoms with van der Waals surface area (Å²) >= 11 is 7.02. The molecule has 0 bridgehead atoms. The van der Waals surface area contributed by atoms with Crippen LogP contribution in [0.1, 0.15) is 36.2 Å². The molecular formula is C32H40ClFN6O3. The molecule has 2 amide bonds. The van der Waals surface area contributed by atoms with E-state index in [-0.39, 0.29) is 52.5 Å². The number of hydrogen-bond donors (Lipinski definition) is 0. The van der Waals surface area contributed by atoms with Crippen LogP contribution in [0.15, 0.2) is 30.9 Å². The number of halogens is 2. The van der Waals surface area contributed by atoms with Crippen molar-refractivity contribution in [2.75, 3.05) is 70.9 Å². The van der Waals surface area contributed by atoms with Gasteiger partial charge in [0.2, 0.25) is 5.91 Å². The fourth-order valence-electron chi connectivity index (χ4n) is 7.08. The summed E-state index contributed by atoms with van der Waals surface area (Å²) in [5.41, 5.74) is 1.21. The van der Waals surface area contributed by atoms with Crippen LogP contribution in [0.3, 0.4) is 0 Å². The van der Waals surface area contributed by atoms with E-state index >= 15 is 4.39 Å². The van der Waals surface area contributed by atoms with Gasteiger partial charge in [-0.15, -0.1) is 0 Å². The number of nitrogens with zero attached hydrogens (tertiary/aromatic N) is 6. The number of pyridine rings is 1. The molecule has 0 spiro atoms. The second kappa shape index (κ2) is 11.4. The zero-order valence-corrected chi connectivity index (χ0v) is 26.2. The second-order valence-corrected chi connectivity index (χ2v) is 13.2. The van der Waals surface area contributed by atoms with Crippen LogP contribution in [-0.4, -0.2) is 120 Å². The molecule has 43 heavy (non-hydrogen) atoms. The number of benzene rings is 1. The van der Waals surface area contributed by atoms with E-state index in [1.54, 1.807) is 15.9 Å². The summed E-state index contributed by atoms with van der Waals surface area (Å²) in [6.07, 6.45) is 2.18. The van der Waals surface area contributed by atoms with Gasteiger partial charge in [-0.3, -0.25) is 14.5 Å². The maximum atomic E-state index is 15.4. The van der Waals surface area contributed by atoms with Gasteiger partial charge in [0.05, 0.1) is 11.7 Å². The number of fused-ring (bicyclic) bond motifs is 2. The number of aromatic nitrogens is 1. The number of ether oxygens (including phenoxy) is 1. The lowest BCUT2D eigenvalue weighted by Gasteiger charge is -2.40. The minimum atomic E-state index is -0.438. The Kier molecular flexibility index (Phi) is 7.89. The molecule has 2 aromatic rings. The van der Waals surface area contributed by atoms with Gasteiger partial charge in [-0.1, -0.05) is 30.3 Å². The highest BCUT2D eigenvalue weighted by Crippen LogP contribution is 2.47. The average molecular weight is 611 g/mol. The molecule has 3 saturated heterocycles. The Morgan fingerprint density at radius 2 is 1.86 bits per heavy atom. The van der Waals surface area contributed by atoms with Gasteiger partial charge in [0.15, 0.2) is 5.75 Å². The first-order valence-electron chi connectivity index (χ1n) is 15.0. The van der Waals surface area contributed by atoms with Crippen molar-refractivity contribution < 1.29 is 18.7 Å². The Labute approximate surface area is 257 Å². The molecule has 0 N–H and O–H groups in total. The Morgan fingerprint density at radius 3 is 2.56 bits per heavy atom. The first kappa shape index (κ1) is 29.8. The molecule has 230 valence electrons. The van der Waals surface area contributed by atoms with Crippen molar-refractivity contribution in [2.45, 2.75) is 44.8 Å². The van der Waals surface area contributed by atoms with Crippen molar-refractivity contribution in [1.82, 2.24) is 24.6 Å². The number of likely N-dealkylation sites (N-methyl/N-ethyl adjacent to an activating group) is 1. The normalized spacial score (nSPS) is 24.3. The molecule has 3 fully saturated rings. The predicted molar refractivity (Wildman–Crippen MR) is 165 cm³/mol. The van der Waals surface area contributed by atoms with Gasteiger partial charge < -0.3 is 24.3 Å². The maximum absolute atomic E-state index is 15.4. The molecule has 1 aromatic heterocycles. The van der Waals surface area contributed by atoms with Crippen molar-refractivity contribution in [1.29, 1.82) is 0 Å². The van der Waals surface area contributed by atoms with Crippen molar-refractivity contribution in [3.8, 4) is 17.0 Å². The summed E-state index contributed by atoms with van der Waals surface area (Å²) < 4.78 is 21.8. The lowest BCUT2D eigenvalue weighted by atomic mass is 9.98. The Morgan fingerprint density at radius 1 is 1.12 bits per heavy atom. The zero-order chi connectivity index (χ0) is 30.6. The second-order valence-electron chi connectivity index (χ2n) is 12.8. The van der Waals surface area contributed by atoms with E-state index in [1.165, 1.54) is 12.1 Å². The number of hydrogen-bond acceptors (Lipinski definition) is 7. The third kappa shape index (κ3) is 5.27. The molecule has 4 aliphatic heterocycles. The van der Waals surface area contributed by atoms with Crippen LogP contribution < -0.4 is 9.64 Å². The van der Waals surface area contributed by atoms with Crippen LogP contribution in [0.5, 0.6) is 5.75 Å². The number of aryl methyl sites for hydroxylation is 1. The van der Waals surface area contributed by atoms with Crippen molar-refractivity contribution >= 4 is 29.2 Å². The van der Waals surface area contributed by atoms with Crippen molar-refractivity contribution in [2.24, 2.45) is 0 Å². The van der Waals surface area contributed by atoms with Crippen LogP contribution in [0, 0.1) is 12.7 Å². The van der Waals surface area contributed by atoms with Gasteiger partial charge in [-0.05, 0) is 51.9 Å². The molecule has 5 heterocycles. The largest absolute Gasteiger partial charge is 0.489 e. The summed E-state index contributed by atoms with van der Waals surface area (Å²) in [5.74, 6) is -0.158. The van der Waals surface area contributed by atoms with E-state index in [9.17, 15) is 9.59 Å². The SMILES string of the molecule is C=CC(=O)N1CCN2C(=O)c3c(N4CC(N5CCN(C)CC5)CC4(C)C)nc(-c4c(C)cccc4F)c(Cl)c3OCC2C1. The van der Waals surface area contributed by atoms with Gasteiger partial charge in [0.25, 0.3) is 5.91 Å². The molecule has 4 aliphatic rings. The summed E-state index contributed by atoms with van der Waals surface area (Å²) in [6, 6.07) is 4.78. The molecule has 0 aliphatic carbocycles. The van der Waals surface area contributed by atoms with Gasteiger partial charge in [0, 0.05) is 69.5 Å². The monoisotopic (exact) mass is 610 g/mol. The van der Waals surface area contributed by atoms with Crippen molar-refractivity contribution in [3.05, 3.63) is 52.8 Å². The molecular weight excluding hydrogens is 571 g/mol. The highest BCUT2D eigenvalue weighted by Gasteiger charge is 2.47. The third-order valence-corrected chi connectivity index (χ3v) is 9.92. The van der Waals surface area contributed by atoms with Crippen LogP contribution in [0.4, 0.5) is 10.2 Å². The van der Waals surface area contributed by atoms with Gasteiger partial charge in [-0.25, -0.2) is 9.37 Å². The van der Waals surface area contributed by atoms with E-state index in [0.717, 1.165) is 32.6 Å². The minimum absolute atomic E-state index is 0.117. The Hall–Kier alpha value is -3.21. The van der Waals surface area contributed by atoms with E-state index in [0.29, 0.717) is 48.7 Å². The molecule has 11 heteroatoms. The van der Waals surface area contributed by atoms with Gasteiger partial charge >= 0.3 is 0 Å². The molecule has 1 aromatic carbocycles. The molecule has 6 rings (SSSR count). The summed E-state index contributed by atoms with van der Waals surface area (Å²) in [4.78, 5) is 42.5. The number of anilines is 1. The topological polar surface area (TPSA) is 72.5 Å². The molecule has 2 unspecified atom stereocenters. The predicted octanol–water partition coefficient (Wildman–Crippen LogP) is 3.69. The highest BCUT2D eigenvalue weighted by molar-refractivity contribution is 6.35. The van der Waals surface area contributed by atoms with E-state index < -0.39 is 5.82 Å². The maximum Gasteiger partial charge on any atom is 0.261 e. The first-order chi connectivity index (χ1) is 20.5. The van der Waals surface area contributed by atoms with Crippen LogP contribution in [0.25, 0.3) is 11.3 Å². The Balaban J connectivity index is 1.47. The van der Waals surface area contributed by atoms with Crippen LogP contribution in [-0.2, 0) is 4.79 Å². The standard InChI is InChI=1S/C32H40ClFN6O3/c1-6-24(41)38-14-15-39-22(17-38)19-43-29-26(31(39)42)30(35-28(27(29)33)25-20(2)8-7-9-23(25)34)40-18-21(16-32(40,3)4)37-12-10-36(5)11-13-37/h6-9,21-22H,1,10-19H2,2-5H3. The molecule has 2 atom stereocenters. The Bertz CT molecular complexity index is 1440. The highest BCUT2D eigenvalue weighted by atomic mass is 35.5. The lowest BCUT2D eigenvalue weighted by molar-refractivity contribution is -0.128. The first-order valence-corrected chi connectivity index (χ1v) is 15.4. The van der Waals surface area contributed by atoms with Gasteiger partial charge in [-0.2, -0.15) is 0 Å². The fraction of sp³-hybridized carbons (Fsp3) is 0.531. The zero-order valence-electron chi connectivity index (χ0n) is 25.4. The average Bonchev–Trinajstić information content (AvgIpc) is 3.22. The van der Waals surface area contributed by atoms with E-state index in [2.05, 4.69) is 42.2 Å². The number of piperazine rings is 2. The van der Waals surface area contributed by atoms with Crippen molar-refractivity contribution in [3.63, 3.8) is 0 Å². The molecule has 9 nitrogen and oxygen atoms in total. The number of rotatable bonds is 4. The quantitative estimate of drug-likeness (QED) is 0.489. The summed E-state index contributed by atoms with van der Waals surface area (Å²) in [5, 5.41) is 0.117. The summed E-state index contributed by atoms with van der Waals surface area (Å²) in [7, 11) is 2.15. The molecule has 0 saturated carbocycles. The number of amides is 2. The fourth-order valence-corrected chi connectivity index (χ4v) is 7.37. The molecule has 0 radical (unpaired) electrons. The van der Waals surface area contributed by atoms with Crippen LogP contribution >= 0.6 is 11.6 Å². The van der Waals surface area contributed by atoms with E-state index in [1.807, 2.05) is 13.0 Å². The lowest BCUT2D eigenvalue weighted by Crippen LogP contribution is -2.57.